The predicted octanol–water partition coefficient (Wildman–Crippen LogP) is 2.77. The Morgan fingerprint density at radius 1 is 1.05 bits per heavy atom. The quantitative estimate of drug-likeness (QED) is 0.863. The highest BCUT2D eigenvalue weighted by atomic mass is 35.5. The van der Waals surface area contributed by atoms with Gasteiger partial charge in [-0.1, -0.05) is 37.1 Å². The summed E-state index contributed by atoms with van der Waals surface area (Å²) in [5.74, 6) is 1.89. The molecule has 0 radical (unpaired) electrons. The number of hydrogen-bond acceptors (Lipinski definition) is 2. The molecule has 1 N–H and O–H groups in total. The molecule has 0 aromatic heterocycles. The van der Waals surface area contributed by atoms with E-state index in [2.05, 4.69) is 34.5 Å². The summed E-state index contributed by atoms with van der Waals surface area (Å²) in [6.07, 6.45) is 6.22. The molecule has 1 aromatic carbocycles. The van der Waals surface area contributed by atoms with Gasteiger partial charge in [-0.05, 0) is 42.2 Å². The highest BCUT2D eigenvalue weighted by molar-refractivity contribution is 5.85. The molecule has 2 fully saturated rings. The number of rotatable bonds is 1. The lowest BCUT2D eigenvalue weighted by atomic mass is 9.82. The molecule has 0 spiro atoms. The van der Waals surface area contributed by atoms with Crippen LogP contribution in [0, 0.1) is 11.8 Å². The van der Waals surface area contributed by atoms with Crippen molar-refractivity contribution in [3.63, 3.8) is 0 Å². The van der Waals surface area contributed by atoms with Gasteiger partial charge in [-0.25, -0.2) is 0 Å². The molecule has 1 aromatic rings. The zero-order valence-corrected chi connectivity index (χ0v) is 13.8. The molecule has 0 bridgehead atoms. The Kier molecular flexibility index (Phi) is 4.74. The Labute approximate surface area is 138 Å². The Bertz CT molecular complexity index is 534. The van der Waals surface area contributed by atoms with Gasteiger partial charge in [0.25, 0.3) is 0 Å². The lowest BCUT2D eigenvalue weighted by Gasteiger charge is -2.29. The van der Waals surface area contributed by atoms with E-state index in [4.69, 9.17) is 0 Å². The molecule has 3 unspecified atom stereocenters. The molecule has 22 heavy (non-hydrogen) atoms. The van der Waals surface area contributed by atoms with Crippen molar-refractivity contribution >= 4 is 18.3 Å². The zero-order chi connectivity index (χ0) is 14.2. The molecule has 1 aliphatic carbocycles. The summed E-state index contributed by atoms with van der Waals surface area (Å²) in [5.41, 5.74) is 2.68. The zero-order valence-electron chi connectivity index (χ0n) is 13.0. The number of likely N-dealkylation sites (tertiary alicyclic amines) is 1. The second-order valence-electron chi connectivity index (χ2n) is 6.95. The highest BCUT2D eigenvalue weighted by Crippen LogP contribution is 2.36. The first-order valence-corrected chi connectivity index (χ1v) is 8.40. The first-order chi connectivity index (χ1) is 10.3. The van der Waals surface area contributed by atoms with Gasteiger partial charge < -0.3 is 10.2 Å². The molecule has 1 saturated carbocycles. The van der Waals surface area contributed by atoms with Gasteiger partial charge in [0.1, 0.15) is 0 Å². The second kappa shape index (κ2) is 6.59. The number of halogens is 1. The van der Waals surface area contributed by atoms with Crippen LogP contribution in [0.15, 0.2) is 24.3 Å². The summed E-state index contributed by atoms with van der Waals surface area (Å²) in [7, 11) is 0. The maximum Gasteiger partial charge on any atom is 0.240 e. The SMILES string of the molecule is Cl.O=C(C1Cc2ccccc2CN1)N1CC2CCCCC2C1. The van der Waals surface area contributed by atoms with E-state index in [1.807, 2.05) is 0 Å². The van der Waals surface area contributed by atoms with Crippen LogP contribution < -0.4 is 5.32 Å². The van der Waals surface area contributed by atoms with Gasteiger partial charge in [-0.3, -0.25) is 4.79 Å². The van der Waals surface area contributed by atoms with Crippen LogP contribution >= 0.6 is 12.4 Å². The van der Waals surface area contributed by atoms with Crippen LogP contribution in [0.25, 0.3) is 0 Å². The molecule has 3 aliphatic rings. The second-order valence-corrected chi connectivity index (χ2v) is 6.95. The van der Waals surface area contributed by atoms with E-state index < -0.39 is 0 Å². The topological polar surface area (TPSA) is 32.3 Å². The van der Waals surface area contributed by atoms with E-state index in [0.29, 0.717) is 5.91 Å². The summed E-state index contributed by atoms with van der Waals surface area (Å²) in [6, 6.07) is 8.47. The van der Waals surface area contributed by atoms with Gasteiger partial charge in [0, 0.05) is 19.6 Å². The van der Waals surface area contributed by atoms with Crippen molar-refractivity contribution in [1.82, 2.24) is 10.2 Å². The molecule has 2 aliphatic heterocycles. The number of hydrogen-bond donors (Lipinski definition) is 1. The fourth-order valence-corrected chi connectivity index (χ4v) is 4.44. The molecule has 3 atom stereocenters. The molecule has 3 nitrogen and oxygen atoms in total. The molecule has 4 rings (SSSR count). The van der Waals surface area contributed by atoms with Gasteiger partial charge >= 0.3 is 0 Å². The largest absolute Gasteiger partial charge is 0.341 e. The van der Waals surface area contributed by atoms with E-state index >= 15 is 0 Å². The summed E-state index contributed by atoms with van der Waals surface area (Å²) in [5, 5.41) is 3.44. The minimum absolute atomic E-state index is 0. The Morgan fingerprint density at radius 3 is 2.36 bits per heavy atom. The molecular formula is C18H25ClN2O. The van der Waals surface area contributed by atoms with Crippen molar-refractivity contribution in [2.45, 2.75) is 44.7 Å². The van der Waals surface area contributed by atoms with Gasteiger partial charge in [0.05, 0.1) is 6.04 Å². The van der Waals surface area contributed by atoms with Gasteiger partial charge in [-0.15, -0.1) is 12.4 Å². The average molecular weight is 321 g/mol. The van der Waals surface area contributed by atoms with Gasteiger partial charge in [0.15, 0.2) is 0 Å². The highest BCUT2D eigenvalue weighted by Gasteiger charge is 2.38. The maximum atomic E-state index is 12.8. The summed E-state index contributed by atoms with van der Waals surface area (Å²) >= 11 is 0. The van der Waals surface area contributed by atoms with Crippen LogP contribution in [0.3, 0.4) is 0 Å². The standard InChI is InChI=1S/C18H24N2O.ClH/c21-18(20-11-15-7-3-4-8-16(15)12-20)17-9-13-5-1-2-6-14(13)10-19-17;/h1-2,5-6,15-17,19H,3-4,7-12H2;1H. The molecule has 120 valence electrons. The smallest absolute Gasteiger partial charge is 0.240 e. The van der Waals surface area contributed by atoms with Crippen LogP contribution in [-0.4, -0.2) is 29.9 Å². The summed E-state index contributed by atoms with van der Waals surface area (Å²) in [6.45, 7) is 2.83. The Hall–Kier alpha value is -1.06. The van der Waals surface area contributed by atoms with Crippen molar-refractivity contribution in [3.8, 4) is 0 Å². The van der Waals surface area contributed by atoms with Crippen molar-refractivity contribution in [1.29, 1.82) is 0 Å². The number of nitrogens with one attached hydrogen (secondary N) is 1. The molecule has 2 heterocycles. The lowest BCUT2D eigenvalue weighted by Crippen LogP contribution is -2.48. The first-order valence-electron chi connectivity index (χ1n) is 8.40. The normalized spacial score (nSPS) is 30.2. The number of carbonyl (C=O) groups excluding carboxylic acids is 1. The van der Waals surface area contributed by atoms with E-state index in [9.17, 15) is 4.79 Å². The lowest BCUT2D eigenvalue weighted by molar-refractivity contribution is -0.132. The fourth-order valence-electron chi connectivity index (χ4n) is 4.44. The molecule has 4 heteroatoms. The van der Waals surface area contributed by atoms with Crippen molar-refractivity contribution in [2.24, 2.45) is 11.8 Å². The number of nitrogens with zero attached hydrogens (tertiary/aromatic N) is 1. The summed E-state index contributed by atoms with van der Waals surface area (Å²) in [4.78, 5) is 15.0. The minimum Gasteiger partial charge on any atom is -0.341 e. The number of amides is 1. The van der Waals surface area contributed by atoms with Crippen molar-refractivity contribution in [2.75, 3.05) is 13.1 Å². The molecule has 1 amide bonds. The monoisotopic (exact) mass is 320 g/mol. The van der Waals surface area contributed by atoms with Crippen molar-refractivity contribution in [3.05, 3.63) is 35.4 Å². The van der Waals surface area contributed by atoms with Crippen LogP contribution in [0.1, 0.15) is 36.8 Å². The number of carbonyl (C=O) groups is 1. The summed E-state index contributed by atoms with van der Waals surface area (Å²) < 4.78 is 0. The van der Waals surface area contributed by atoms with Crippen LogP contribution in [0.2, 0.25) is 0 Å². The molecular weight excluding hydrogens is 296 g/mol. The Morgan fingerprint density at radius 2 is 1.68 bits per heavy atom. The van der Waals surface area contributed by atoms with Crippen LogP contribution in [0.5, 0.6) is 0 Å². The third-order valence-corrected chi connectivity index (χ3v) is 5.67. The molecule has 1 saturated heterocycles. The third kappa shape index (κ3) is 2.89. The average Bonchev–Trinajstić information content (AvgIpc) is 2.97. The van der Waals surface area contributed by atoms with Crippen LogP contribution in [-0.2, 0) is 17.8 Å². The van der Waals surface area contributed by atoms with Gasteiger partial charge in [0.2, 0.25) is 5.91 Å². The van der Waals surface area contributed by atoms with E-state index in [0.717, 1.165) is 37.9 Å². The number of fused-ring (bicyclic) bond motifs is 2. The minimum atomic E-state index is -0.0138. The van der Waals surface area contributed by atoms with Crippen molar-refractivity contribution < 1.29 is 4.79 Å². The number of benzene rings is 1. The first kappa shape index (κ1) is 15.8. The van der Waals surface area contributed by atoms with Crippen LogP contribution in [0.4, 0.5) is 0 Å². The van der Waals surface area contributed by atoms with E-state index in [-0.39, 0.29) is 18.4 Å². The van der Waals surface area contributed by atoms with E-state index in [1.165, 1.54) is 36.8 Å². The fraction of sp³-hybridized carbons (Fsp3) is 0.611. The van der Waals surface area contributed by atoms with Gasteiger partial charge in [-0.2, -0.15) is 0 Å². The maximum absolute atomic E-state index is 12.8. The predicted molar refractivity (Wildman–Crippen MR) is 90.0 cm³/mol. The Balaban J connectivity index is 0.00000144. The third-order valence-electron chi connectivity index (χ3n) is 5.67. The van der Waals surface area contributed by atoms with E-state index in [1.54, 1.807) is 0 Å².